The van der Waals surface area contributed by atoms with Gasteiger partial charge in [-0.1, -0.05) is 0 Å². The third-order valence-corrected chi connectivity index (χ3v) is 3.74. The Morgan fingerprint density at radius 1 is 1.41 bits per heavy atom. The minimum absolute atomic E-state index is 0.300. The maximum atomic E-state index is 5.99. The molecule has 4 N–H and O–H groups in total. The van der Waals surface area contributed by atoms with Gasteiger partial charge in [-0.3, -0.25) is 0 Å². The van der Waals surface area contributed by atoms with Crippen LogP contribution in [0.5, 0.6) is 0 Å². The molecule has 1 aliphatic rings. The van der Waals surface area contributed by atoms with E-state index in [0.29, 0.717) is 29.2 Å². The number of nitrogens with zero attached hydrogens (tertiary/aromatic N) is 4. The van der Waals surface area contributed by atoms with Crippen molar-refractivity contribution in [1.29, 1.82) is 0 Å². The molecule has 22 heavy (non-hydrogen) atoms. The van der Waals surface area contributed by atoms with Crippen molar-refractivity contribution in [1.82, 2.24) is 24.9 Å². The zero-order valence-corrected chi connectivity index (χ0v) is 12.0. The summed E-state index contributed by atoms with van der Waals surface area (Å²) in [6.45, 7) is 2.00. The Morgan fingerprint density at radius 3 is 3.14 bits per heavy atom. The molecule has 1 aliphatic heterocycles. The third kappa shape index (κ3) is 2.37. The lowest BCUT2D eigenvalue weighted by Crippen LogP contribution is -2.38. The van der Waals surface area contributed by atoms with Crippen LogP contribution in [0.4, 0.5) is 11.8 Å². The van der Waals surface area contributed by atoms with Gasteiger partial charge in [-0.15, -0.1) is 5.10 Å². The van der Waals surface area contributed by atoms with Crippen LogP contribution in [0.3, 0.4) is 0 Å². The first-order chi connectivity index (χ1) is 10.8. The summed E-state index contributed by atoms with van der Waals surface area (Å²) < 4.78 is 6.83. The minimum Gasteiger partial charge on any atom is -0.461 e. The molecule has 0 spiro atoms. The fourth-order valence-electron chi connectivity index (χ4n) is 2.68. The Bertz CT molecular complexity index is 774. The number of nitrogens with one attached hydrogen (secondary N) is 2. The summed E-state index contributed by atoms with van der Waals surface area (Å²) in [7, 11) is 0. The van der Waals surface area contributed by atoms with E-state index in [1.165, 1.54) is 4.52 Å². The van der Waals surface area contributed by atoms with Crippen LogP contribution in [0.2, 0.25) is 0 Å². The maximum absolute atomic E-state index is 5.99. The van der Waals surface area contributed by atoms with Gasteiger partial charge in [0.25, 0.3) is 0 Å². The first-order valence-electron chi connectivity index (χ1n) is 7.34. The zero-order chi connectivity index (χ0) is 14.9. The van der Waals surface area contributed by atoms with Crippen LogP contribution in [0.1, 0.15) is 12.8 Å². The quantitative estimate of drug-likeness (QED) is 0.665. The van der Waals surface area contributed by atoms with E-state index >= 15 is 0 Å². The summed E-state index contributed by atoms with van der Waals surface area (Å²) in [5.41, 5.74) is 6.64. The standard InChI is InChI=1S/C14H17N7O/c15-14-18-11(17-9-3-1-5-16-8-9)7-12-19-13(20-21(12)14)10-4-2-6-22-10/h2,4,6-7,9,16-17H,1,3,5,8H2,(H2,15,18). The molecule has 8 nitrogen and oxygen atoms in total. The molecule has 0 saturated carbocycles. The molecule has 1 unspecified atom stereocenters. The van der Waals surface area contributed by atoms with E-state index in [0.717, 1.165) is 31.7 Å². The highest BCUT2D eigenvalue weighted by Crippen LogP contribution is 2.20. The number of hydrogen-bond donors (Lipinski definition) is 3. The van der Waals surface area contributed by atoms with Gasteiger partial charge in [0.2, 0.25) is 11.8 Å². The Balaban J connectivity index is 1.66. The molecule has 0 aliphatic carbocycles. The Labute approximate surface area is 126 Å². The second-order valence-electron chi connectivity index (χ2n) is 5.37. The minimum atomic E-state index is 0.300. The fourth-order valence-corrected chi connectivity index (χ4v) is 2.68. The highest BCUT2D eigenvalue weighted by molar-refractivity contribution is 5.59. The number of rotatable bonds is 3. The van der Waals surface area contributed by atoms with Crippen LogP contribution in [-0.2, 0) is 0 Å². The molecule has 4 heterocycles. The second kappa shape index (κ2) is 5.30. The number of piperidine rings is 1. The number of nitrogen functional groups attached to an aromatic ring is 1. The van der Waals surface area contributed by atoms with Crippen molar-refractivity contribution >= 4 is 17.4 Å². The van der Waals surface area contributed by atoms with Gasteiger partial charge in [0.15, 0.2) is 11.4 Å². The molecule has 0 bridgehead atoms. The number of fused-ring (bicyclic) bond motifs is 1. The van der Waals surface area contributed by atoms with E-state index < -0.39 is 0 Å². The highest BCUT2D eigenvalue weighted by Gasteiger charge is 2.16. The van der Waals surface area contributed by atoms with Gasteiger partial charge in [-0.05, 0) is 31.5 Å². The number of hydrogen-bond acceptors (Lipinski definition) is 7. The first-order valence-corrected chi connectivity index (χ1v) is 7.34. The van der Waals surface area contributed by atoms with E-state index in [-0.39, 0.29) is 0 Å². The lowest BCUT2D eigenvalue weighted by molar-refractivity contribution is 0.479. The Morgan fingerprint density at radius 2 is 2.36 bits per heavy atom. The number of nitrogens with two attached hydrogens (primary N) is 1. The lowest BCUT2D eigenvalue weighted by Gasteiger charge is -2.24. The van der Waals surface area contributed by atoms with Crippen LogP contribution in [-0.4, -0.2) is 38.7 Å². The Kier molecular flexibility index (Phi) is 3.15. The fraction of sp³-hybridized carbons (Fsp3) is 0.357. The summed E-state index contributed by atoms with van der Waals surface area (Å²) in [5.74, 6) is 2.12. The molecule has 114 valence electrons. The van der Waals surface area contributed by atoms with Gasteiger partial charge in [0.05, 0.1) is 6.26 Å². The zero-order valence-electron chi connectivity index (χ0n) is 12.0. The number of anilines is 2. The van der Waals surface area contributed by atoms with Gasteiger partial charge < -0.3 is 20.8 Å². The average molecular weight is 299 g/mol. The monoisotopic (exact) mass is 299 g/mol. The summed E-state index contributed by atoms with van der Waals surface area (Å²) in [4.78, 5) is 8.81. The van der Waals surface area contributed by atoms with Gasteiger partial charge in [0.1, 0.15) is 5.82 Å². The molecule has 0 amide bonds. The topological polar surface area (TPSA) is 106 Å². The van der Waals surface area contributed by atoms with Crippen LogP contribution in [0, 0.1) is 0 Å². The van der Waals surface area contributed by atoms with Gasteiger partial charge >= 0.3 is 0 Å². The smallest absolute Gasteiger partial charge is 0.225 e. The largest absolute Gasteiger partial charge is 0.461 e. The Hall–Kier alpha value is -2.61. The van der Waals surface area contributed by atoms with Gasteiger partial charge in [-0.2, -0.15) is 9.50 Å². The average Bonchev–Trinajstić information content (AvgIpc) is 3.17. The molecule has 1 fully saturated rings. The van der Waals surface area contributed by atoms with Crippen molar-refractivity contribution in [2.75, 3.05) is 24.1 Å². The van der Waals surface area contributed by atoms with Crippen molar-refractivity contribution < 1.29 is 4.42 Å². The van der Waals surface area contributed by atoms with E-state index in [4.69, 9.17) is 10.2 Å². The van der Waals surface area contributed by atoms with Crippen LogP contribution >= 0.6 is 0 Å². The van der Waals surface area contributed by atoms with Crippen LogP contribution < -0.4 is 16.4 Å². The molecule has 3 aromatic rings. The number of furan rings is 1. The number of aromatic nitrogens is 4. The van der Waals surface area contributed by atoms with Crippen molar-refractivity contribution in [3.05, 3.63) is 24.5 Å². The van der Waals surface area contributed by atoms with Crippen molar-refractivity contribution in [3.8, 4) is 11.6 Å². The van der Waals surface area contributed by atoms with Crippen molar-refractivity contribution in [2.45, 2.75) is 18.9 Å². The molecule has 8 heteroatoms. The van der Waals surface area contributed by atoms with E-state index in [1.54, 1.807) is 12.3 Å². The van der Waals surface area contributed by atoms with E-state index in [9.17, 15) is 0 Å². The molecule has 4 rings (SSSR count). The van der Waals surface area contributed by atoms with Crippen LogP contribution in [0.25, 0.3) is 17.2 Å². The predicted molar refractivity (Wildman–Crippen MR) is 82.4 cm³/mol. The first kappa shape index (κ1) is 13.1. The van der Waals surface area contributed by atoms with Crippen LogP contribution in [0.15, 0.2) is 28.9 Å². The summed E-state index contributed by atoms with van der Waals surface area (Å²) >= 11 is 0. The SMILES string of the molecule is Nc1nc(NC2CCCNC2)cc2nc(-c3ccco3)nn12. The maximum Gasteiger partial charge on any atom is 0.225 e. The van der Waals surface area contributed by atoms with E-state index in [2.05, 4.69) is 25.7 Å². The predicted octanol–water partition coefficient (Wildman–Crippen LogP) is 1.13. The summed E-state index contributed by atoms with van der Waals surface area (Å²) in [5, 5.41) is 11.1. The molecular formula is C14H17N7O. The molecule has 0 radical (unpaired) electrons. The summed E-state index contributed by atoms with van der Waals surface area (Å²) in [6.07, 6.45) is 3.86. The third-order valence-electron chi connectivity index (χ3n) is 3.74. The van der Waals surface area contributed by atoms with Gasteiger partial charge in [0, 0.05) is 18.7 Å². The van der Waals surface area contributed by atoms with Crippen molar-refractivity contribution in [2.24, 2.45) is 0 Å². The molecule has 0 aromatic carbocycles. The highest BCUT2D eigenvalue weighted by atomic mass is 16.3. The lowest BCUT2D eigenvalue weighted by atomic mass is 10.1. The van der Waals surface area contributed by atoms with Gasteiger partial charge in [-0.25, -0.2) is 4.98 Å². The molecule has 1 saturated heterocycles. The molecule has 3 aromatic heterocycles. The van der Waals surface area contributed by atoms with E-state index in [1.807, 2.05) is 12.1 Å². The molecule has 1 atom stereocenters. The summed E-state index contributed by atoms with van der Waals surface area (Å²) in [6, 6.07) is 5.82. The van der Waals surface area contributed by atoms with Crippen molar-refractivity contribution in [3.63, 3.8) is 0 Å². The second-order valence-corrected chi connectivity index (χ2v) is 5.37. The normalized spacial score (nSPS) is 18.6. The molecular weight excluding hydrogens is 282 g/mol.